The largest absolute Gasteiger partial charge is 0.317 e. The topological polar surface area (TPSA) is 28.2 Å². The molecule has 1 aliphatic rings. The number of hydrogen-bond donors (Lipinski definition) is 1. The summed E-state index contributed by atoms with van der Waals surface area (Å²) in [5, 5.41) is 4.59. The van der Waals surface area contributed by atoms with Gasteiger partial charge in [0.05, 0.1) is 16.5 Å². The third-order valence-electron chi connectivity index (χ3n) is 2.84. The summed E-state index contributed by atoms with van der Waals surface area (Å²) >= 11 is 5.17. The standard InChI is InChI=1S/C10H16BrN3S/c1-14(8-2-4-12-5-3-8)7-10-13-6-9(11)15-10/h6,8,12H,2-5,7H2,1H3. The van der Waals surface area contributed by atoms with E-state index >= 15 is 0 Å². The molecule has 0 aliphatic carbocycles. The Kier molecular flexibility index (Phi) is 4.13. The molecule has 2 rings (SSSR count). The maximum absolute atomic E-state index is 4.36. The number of nitrogens with one attached hydrogen (secondary N) is 1. The Labute approximate surface area is 103 Å². The molecule has 0 unspecified atom stereocenters. The van der Waals surface area contributed by atoms with Gasteiger partial charge in [-0.25, -0.2) is 4.98 Å². The molecule has 3 nitrogen and oxygen atoms in total. The number of rotatable bonds is 3. The fourth-order valence-electron chi connectivity index (χ4n) is 1.95. The molecular formula is C10H16BrN3S. The average molecular weight is 290 g/mol. The molecule has 0 saturated carbocycles. The summed E-state index contributed by atoms with van der Waals surface area (Å²) in [5.41, 5.74) is 0. The van der Waals surface area contributed by atoms with Crippen LogP contribution in [0.2, 0.25) is 0 Å². The van der Waals surface area contributed by atoms with Crippen molar-refractivity contribution in [1.29, 1.82) is 0 Å². The van der Waals surface area contributed by atoms with E-state index in [0.717, 1.165) is 23.4 Å². The number of hydrogen-bond acceptors (Lipinski definition) is 4. The van der Waals surface area contributed by atoms with Crippen LogP contribution in [0.3, 0.4) is 0 Å². The van der Waals surface area contributed by atoms with Crippen LogP contribution < -0.4 is 5.32 Å². The highest BCUT2D eigenvalue weighted by Gasteiger charge is 2.18. The summed E-state index contributed by atoms with van der Waals surface area (Å²) in [6.07, 6.45) is 4.39. The zero-order chi connectivity index (χ0) is 10.7. The average Bonchev–Trinajstić information content (AvgIpc) is 2.65. The van der Waals surface area contributed by atoms with E-state index in [0.29, 0.717) is 6.04 Å². The maximum Gasteiger partial charge on any atom is 0.108 e. The van der Waals surface area contributed by atoms with Gasteiger partial charge < -0.3 is 5.32 Å². The van der Waals surface area contributed by atoms with Gasteiger partial charge in [-0.1, -0.05) is 0 Å². The van der Waals surface area contributed by atoms with Crippen LogP contribution in [0.25, 0.3) is 0 Å². The van der Waals surface area contributed by atoms with Gasteiger partial charge in [0.1, 0.15) is 5.01 Å². The van der Waals surface area contributed by atoms with Crippen LogP contribution in [-0.2, 0) is 6.54 Å². The molecule has 2 heterocycles. The quantitative estimate of drug-likeness (QED) is 0.924. The van der Waals surface area contributed by atoms with Crippen molar-refractivity contribution in [2.75, 3.05) is 20.1 Å². The monoisotopic (exact) mass is 289 g/mol. The maximum atomic E-state index is 4.36. The molecule has 0 radical (unpaired) electrons. The summed E-state index contributed by atoms with van der Waals surface area (Å²) < 4.78 is 1.12. The fraction of sp³-hybridized carbons (Fsp3) is 0.700. The molecule has 0 spiro atoms. The van der Waals surface area contributed by atoms with Crippen molar-refractivity contribution in [3.8, 4) is 0 Å². The summed E-state index contributed by atoms with van der Waals surface area (Å²) in [6, 6.07) is 0.717. The van der Waals surface area contributed by atoms with E-state index < -0.39 is 0 Å². The van der Waals surface area contributed by atoms with Crippen molar-refractivity contribution in [2.45, 2.75) is 25.4 Å². The lowest BCUT2D eigenvalue weighted by molar-refractivity contribution is 0.191. The minimum atomic E-state index is 0.717. The Morgan fingerprint density at radius 2 is 2.33 bits per heavy atom. The third-order valence-corrected chi connectivity index (χ3v) is 4.30. The van der Waals surface area contributed by atoms with E-state index in [1.165, 1.54) is 17.8 Å². The van der Waals surface area contributed by atoms with Gasteiger partial charge >= 0.3 is 0 Å². The summed E-state index contributed by atoms with van der Waals surface area (Å²) in [5.74, 6) is 0. The third kappa shape index (κ3) is 3.24. The Morgan fingerprint density at radius 3 is 2.93 bits per heavy atom. The van der Waals surface area contributed by atoms with E-state index in [4.69, 9.17) is 0 Å². The SMILES string of the molecule is CN(Cc1ncc(Br)s1)C1CCNCC1. The highest BCUT2D eigenvalue weighted by Crippen LogP contribution is 2.21. The second-order valence-corrected chi connectivity index (χ2v) is 6.45. The van der Waals surface area contributed by atoms with Crippen molar-refractivity contribution in [3.05, 3.63) is 15.0 Å². The van der Waals surface area contributed by atoms with Crippen LogP contribution in [0.15, 0.2) is 9.98 Å². The number of halogens is 1. The van der Waals surface area contributed by atoms with Gasteiger partial charge in [0.25, 0.3) is 0 Å². The molecule has 1 aliphatic heterocycles. The Balaban J connectivity index is 1.88. The number of piperidine rings is 1. The molecular weight excluding hydrogens is 274 g/mol. The van der Waals surface area contributed by atoms with Crippen LogP contribution in [0.5, 0.6) is 0 Å². The van der Waals surface area contributed by atoms with Gasteiger partial charge in [0, 0.05) is 6.04 Å². The molecule has 1 saturated heterocycles. The van der Waals surface area contributed by atoms with Crippen LogP contribution in [-0.4, -0.2) is 36.1 Å². The van der Waals surface area contributed by atoms with E-state index in [1.54, 1.807) is 11.3 Å². The van der Waals surface area contributed by atoms with Gasteiger partial charge in [0.15, 0.2) is 0 Å². The van der Waals surface area contributed by atoms with Crippen molar-refractivity contribution < 1.29 is 0 Å². The van der Waals surface area contributed by atoms with Crippen LogP contribution in [0.4, 0.5) is 0 Å². The predicted molar refractivity (Wildman–Crippen MR) is 67.2 cm³/mol. The molecule has 0 atom stereocenters. The van der Waals surface area contributed by atoms with E-state index in [9.17, 15) is 0 Å². The fourth-order valence-corrected chi connectivity index (χ4v) is 3.32. The Hall–Kier alpha value is 0.0300. The molecule has 1 aromatic heterocycles. The molecule has 15 heavy (non-hydrogen) atoms. The van der Waals surface area contributed by atoms with Crippen molar-refractivity contribution in [1.82, 2.24) is 15.2 Å². The first-order valence-electron chi connectivity index (χ1n) is 5.27. The highest BCUT2D eigenvalue weighted by atomic mass is 79.9. The molecule has 0 bridgehead atoms. The van der Waals surface area contributed by atoms with E-state index in [-0.39, 0.29) is 0 Å². The normalized spacial score (nSPS) is 18.6. The second-order valence-electron chi connectivity index (χ2n) is 3.95. The first-order valence-corrected chi connectivity index (χ1v) is 6.88. The van der Waals surface area contributed by atoms with E-state index in [1.807, 2.05) is 6.20 Å². The second kappa shape index (κ2) is 5.39. The zero-order valence-electron chi connectivity index (χ0n) is 8.87. The van der Waals surface area contributed by atoms with Gasteiger partial charge in [0.2, 0.25) is 0 Å². The lowest BCUT2D eigenvalue weighted by Gasteiger charge is -2.30. The number of aromatic nitrogens is 1. The smallest absolute Gasteiger partial charge is 0.108 e. The lowest BCUT2D eigenvalue weighted by atomic mass is 10.1. The van der Waals surface area contributed by atoms with Gasteiger partial charge in [-0.3, -0.25) is 4.90 Å². The molecule has 1 aromatic rings. The Bertz CT molecular complexity index is 309. The minimum Gasteiger partial charge on any atom is -0.317 e. The zero-order valence-corrected chi connectivity index (χ0v) is 11.3. The van der Waals surface area contributed by atoms with Crippen molar-refractivity contribution in [2.24, 2.45) is 0 Å². The van der Waals surface area contributed by atoms with Crippen LogP contribution >= 0.6 is 27.3 Å². The lowest BCUT2D eigenvalue weighted by Crippen LogP contribution is -2.40. The van der Waals surface area contributed by atoms with Crippen LogP contribution in [0, 0.1) is 0 Å². The first kappa shape index (κ1) is 11.5. The van der Waals surface area contributed by atoms with Crippen molar-refractivity contribution >= 4 is 27.3 Å². The summed E-state index contributed by atoms with van der Waals surface area (Å²) in [7, 11) is 2.20. The Morgan fingerprint density at radius 1 is 1.60 bits per heavy atom. The predicted octanol–water partition coefficient (Wildman–Crippen LogP) is 2.09. The minimum absolute atomic E-state index is 0.717. The molecule has 84 valence electrons. The summed E-state index contributed by atoms with van der Waals surface area (Å²) in [4.78, 5) is 6.79. The van der Waals surface area contributed by atoms with Crippen molar-refractivity contribution in [3.63, 3.8) is 0 Å². The molecule has 1 fully saturated rings. The number of nitrogens with zero attached hydrogens (tertiary/aromatic N) is 2. The van der Waals surface area contributed by atoms with Gasteiger partial charge in [-0.2, -0.15) is 0 Å². The molecule has 5 heteroatoms. The van der Waals surface area contributed by atoms with Gasteiger partial charge in [-0.15, -0.1) is 11.3 Å². The summed E-state index contributed by atoms with van der Waals surface area (Å²) in [6.45, 7) is 3.27. The van der Waals surface area contributed by atoms with Crippen LogP contribution in [0.1, 0.15) is 17.8 Å². The highest BCUT2D eigenvalue weighted by molar-refractivity contribution is 9.11. The van der Waals surface area contributed by atoms with Gasteiger partial charge in [-0.05, 0) is 48.9 Å². The molecule has 0 amide bonds. The van der Waals surface area contributed by atoms with E-state index in [2.05, 4.69) is 38.2 Å². The molecule has 0 aromatic carbocycles. The number of thiazole rings is 1. The molecule has 1 N–H and O–H groups in total. The first-order chi connectivity index (χ1) is 7.25.